The lowest BCUT2D eigenvalue weighted by molar-refractivity contribution is 0.391. The summed E-state index contributed by atoms with van der Waals surface area (Å²) in [5.74, 6) is 1.64. The topological polar surface area (TPSA) is 30.5 Å². The summed E-state index contributed by atoms with van der Waals surface area (Å²) in [6.07, 6.45) is 2.02. The van der Waals surface area contributed by atoms with E-state index in [2.05, 4.69) is 18.8 Å². The van der Waals surface area contributed by atoms with Crippen molar-refractivity contribution in [1.29, 1.82) is 0 Å². The second-order valence-electron chi connectivity index (χ2n) is 4.48. The summed E-state index contributed by atoms with van der Waals surface area (Å²) < 4.78 is 10.6. The molecule has 1 aromatic carbocycles. The van der Waals surface area contributed by atoms with Gasteiger partial charge in [0.15, 0.2) is 0 Å². The number of benzene rings is 1. The molecule has 0 radical (unpaired) electrons. The van der Waals surface area contributed by atoms with Gasteiger partial charge in [0, 0.05) is 12.1 Å². The molecule has 18 heavy (non-hydrogen) atoms. The van der Waals surface area contributed by atoms with Crippen LogP contribution in [0.1, 0.15) is 31.4 Å². The average Bonchev–Trinajstić information content (AvgIpc) is 2.38. The van der Waals surface area contributed by atoms with Gasteiger partial charge in [-0.15, -0.1) is 6.58 Å². The second kappa shape index (κ2) is 7.07. The van der Waals surface area contributed by atoms with Gasteiger partial charge in [0.25, 0.3) is 0 Å². The van der Waals surface area contributed by atoms with E-state index in [0.717, 1.165) is 24.3 Å². The minimum atomic E-state index is 0.283. The first-order valence-electron chi connectivity index (χ1n) is 6.15. The maximum absolute atomic E-state index is 5.29. The Morgan fingerprint density at radius 3 is 2.17 bits per heavy atom. The molecule has 1 unspecified atom stereocenters. The SMILES string of the molecule is C=C(C)CCC(NC)c1cc(OC)cc(OC)c1. The highest BCUT2D eigenvalue weighted by molar-refractivity contribution is 5.39. The molecule has 100 valence electrons. The Morgan fingerprint density at radius 2 is 1.78 bits per heavy atom. The van der Waals surface area contributed by atoms with E-state index < -0.39 is 0 Å². The number of ether oxygens (including phenoxy) is 2. The van der Waals surface area contributed by atoms with Gasteiger partial charge in [-0.3, -0.25) is 0 Å². The Kier molecular flexibility index (Phi) is 5.72. The van der Waals surface area contributed by atoms with Crippen molar-refractivity contribution in [2.75, 3.05) is 21.3 Å². The molecular weight excluding hydrogens is 226 g/mol. The molecule has 0 bridgehead atoms. The molecule has 0 fully saturated rings. The Bertz CT molecular complexity index is 379. The number of methoxy groups -OCH3 is 2. The molecule has 0 aliphatic rings. The summed E-state index contributed by atoms with van der Waals surface area (Å²) in [5.41, 5.74) is 2.38. The van der Waals surface area contributed by atoms with Gasteiger partial charge in [-0.05, 0) is 44.5 Å². The Labute approximate surface area is 110 Å². The first-order valence-corrected chi connectivity index (χ1v) is 6.15. The van der Waals surface area contributed by atoms with Crippen LogP contribution in [0.4, 0.5) is 0 Å². The van der Waals surface area contributed by atoms with Gasteiger partial charge in [-0.25, -0.2) is 0 Å². The lowest BCUT2D eigenvalue weighted by Gasteiger charge is -2.18. The zero-order valence-electron chi connectivity index (χ0n) is 11.7. The fraction of sp³-hybridized carbons (Fsp3) is 0.467. The number of allylic oxidation sites excluding steroid dienone is 1. The fourth-order valence-electron chi connectivity index (χ4n) is 1.90. The van der Waals surface area contributed by atoms with Crippen LogP contribution in [0.3, 0.4) is 0 Å². The van der Waals surface area contributed by atoms with Crippen molar-refractivity contribution in [2.45, 2.75) is 25.8 Å². The molecule has 1 aromatic rings. The van der Waals surface area contributed by atoms with Crippen LogP contribution in [0, 0.1) is 0 Å². The molecule has 0 aliphatic heterocycles. The molecule has 0 heterocycles. The molecule has 0 amide bonds. The van der Waals surface area contributed by atoms with E-state index in [1.807, 2.05) is 25.2 Å². The molecule has 3 heteroatoms. The molecule has 0 spiro atoms. The van der Waals surface area contributed by atoms with E-state index >= 15 is 0 Å². The molecule has 0 saturated carbocycles. The summed E-state index contributed by atoms with van der Waals surface area (Å²) in [6.45, 7) is 6.00. The minimum absolute atomic E-state index is 0.283. The van der Waals surface area contributed by atoms with Crippen LogP contribution in [0.15, 0.2) is 30.4 Å². The maximum atomic E-state index is 5.29. The van der Waals surface area contributed by atoms with Crippen LogP contribution in [0.5, 0.6) is 11.5 Å². The second-order valence-corrected chi connectivity index (χ2v) is 4.48. The van der Waals surface area contributed by atoms with Crippen molar-refractivity contribution in [2.24, 2.45) is 0 Å². The summed E-state index contributed by atoms with van der Waals surface area (Å²) in [7, 11) is 5.30. The third-order valence-corrected chi connectivity index (χ3v) is 2.98. The summed E-state index contributed by atoms with van der Waals surface area (Å²) in [5, 5.41) is 3.32. The fourth-order valence-corrected chi connectivity index (χ4v) is 1.90. The Hall–Kier alpha value is -1.48. The van der Waals surface area contributed by atoms with Gasteiger partial charge in [-0.1, -0.05) is 5.57 Å². The van der Waals surface area contributed by atoms with Crippen LogP contribution in [-0.2, 0) is 0 Å². The predicted octanol–water partition coefficient (Wildman–Crippen LogP) is 3.32. The highest BCUT2D eigenvalue weighted by Crippen LogP contribution is 2.28. The smallest absolute Gasteiger partial charge is 0.122 e. The predicted molar refractivity (Wildman–Crippen MR) is 75.4 cm³/mol. The van der Waals surface area contributed by atoms with Crippen LogP contribution >= 0.6 is 0 Å². The normalized spacial score (nSPS) is 12.0. The van der Waals surface area contributed by atoms with E-state index in [-0.39, 0.29) is 6.04 Å². The summed E-state index contributed by atoms with van der Waals surface area (Å²) >= 11 is 0. The number of rotatable bonds is 7. The van der Waals surface area contributed by atoms with Crippen LogP contribution in [0.25, 0.3) is 0 Å². The zero-order valence-corrected chi connectivity index (χ0v) is 11.7. The Balaban J connectivity index is 2.93. The van der Waals surface area contributed by atoms with Gasteiger partial charge in [0.2, 0.25) is 0 Å². The van der Waals surface area contributed by atoms with Crippen molar-refractivity contribution < 1.29 is 9.47 Å². The van der Waals surface area contributed by atoms with Gasteiger partial charge < -0.3 is 14.8 Å². The first-order chi connectivity index (χ1) is 8.60. The number of nitrogens with one attached hydrogen (secondary N) is 1. The van der Waals surface area contributed by atoms with Crippen LogP contribution < -0.4 is 14.8 Å². The van der Waals surface area contributed by atoms with Gasteiger partial charge in [0.1, 0.15) is 11.5 Å². The van der Waals surface area contributed by atoms with Crippen molar-refractivity contribution in [3.63, 3.8) is 0 Å². The molecule has 1 N–H and O–H groups in total. The van der Waals surface area contributed by atoms with Gasteiger partial charge >= 0.3 is 0 Å². The molecule has 0 saturated heterocycles. The maximum Gasteiger partial charge on any atom is 0.122 e. The van der Waals surface area contributed by atoms with E-state index in [9.17, 15) is 0 Å². The van der Waals surface area contributed by atoms with Gasteiger partial charge in [-0.2, -0.15) is 0 Å². The third-order valence-electron chi connectivity index (χ3n) is 2.98. The molecule has 3 nitrogen and oxygen atoms in total. The highest BCUT2D eigenvalue weighted by atomic mass is 16.5. The molecule has 1 rings (SSSR count). The quantitative estimate of drug-likeness (QED) is 0.752. The number of hydrogen-bond donors (Lipinski definition) is 1. The highest BCUT2D eigenvalue weighted by Gasteiger charge is 2.12. The first kappa shape index (κ1) is 14.6. The van der Waals surface area contributed by atoms with E-state index in [1.165, 1.54) is 11.1 Å². The third kappa shape index (κ3) is 4.08. The zero-order chi connectivity index (χ0) is 13.5. The standard InChI is InChI=1S/C15H23NO2/c1-11(2)6-7-15(16-3)12-8-13(17-4)10-14(9-12)18-5/h8-10,15-16H,1,6-7H2,2-5H3. The van der Waals surface area contributed by atoms with Gasteiger partial charge in [0.05, 0.1) is 14.2 Å². The van der Waals surface area contributed by atoms with Crippen molar-refractivity contribution >= 4 is 0 Å². The van der Waals surface area contributed by atoms with Crippen molar-refractivity contribution in [1.82, 2.24) is 5.32 Å². The minimum Gasteiger partial charge on any atom is -0.497 e. The molecule has 0 aliphatic carbocycles. The molecule has 1 atom stereocenters. The van der Waals surface area contributed by atoms with E-state index in [0.29, 0.717) is 0 Å². The molecular formula is C15H23NO2. The van der Waals surface area contributed by atoms with Crippen molar-refractivity contribution in [3.8, 4) is 11.5 Å². The monoisotopic (exact) mass is 249 g/mol. The van der Waals surface area contributed by atoms with E-state index in [4.69, 9.17) is 9.47 Å². The Morgan fingerprint density at radius 1 is 1.22 bits per heavy atom. The lowest BCUT2D eigenvalue weighted by atomic mass is 9.99. The summed E-state index contributed by atoms with van der Waals surface area (Å²) in [4.78, 5) is 0. The van der Waals surface area contributed by atoms with E-state index in [1.54, 1.807) is 14.2 Å². The lowest BCUT2D eigenvalue weighted by Crippen LogP contribution is -2.16. The van der Waals surface area contributed by atoms with Crippen LogP contribution in [0.2, 0.25) is 0 Å². The summed E-state index contributed by atoms with van der Waals surface area (Å²) in [6, 6.07) is 6.25. The van der Waals surface area contributed by atoms with Crippen molar-refractivity contribution in [3.05, 3.63) is 35.9 Å². The largest absolute Gasteiger partial charge is 0.497 e. The average molecular weight is 249 g/mol. The number of hydrogen-bond acceptors (Lipinski definition) is 3. The molecule has 0 aromatic heterocycles. The van der Waals surface area contributed by atoms with Crippen LogP contribution in [-0.4, -0.2) is 21.3 Å².